The number of hydrogen-bond donors (Lipinski definition) is 0. The zero-order chi connectivity index (χ0) is 28.5. The van der Waals surface area contributed by atoms with Crippen LogP contribution in [0, 0.1) is 6.92 Å². The average molecular weight is 685 g/mol. The first kappa shape index (κ1) is 40.6. The Labute approximate surface area is 370 Å². The molecule has 2 aromatic carbocycles. The van der Waals surface area contributed by atoms with Crippen molar-refractivity contribution >= 4 is 43.6 Å². The Balaban J connectivity index is 0.00000294. The molecule has 0 spiro atoms. The summed E-state index contributed by atoms with van der Waals surface area (Å²) in [6, 6.07) is 9.64. The number of amides is 1. The van der Waals surface area contributed by atoms with Gasteiger partial charge in [-0.05, 0) is 74.3 Å². The molecule has 0 saturated heterocycles. The molecule has 0 fully saturated rings. The first-order chi connectivity index (χ1) is 18.3. The van der Waals surface area contributed by atoms with Crippen molar-refractivity contribution in [3.63, 3.8) is 0 Å². The molecule has 17 heteroatoms. The standard InChI is InChI=1S/C25H22N4O8S2.3K/c1-16-22(24(30)28(26-16)18-8-12-20(13-9-18)38(32,33)34)6-4-3-5-7-23-17(2)27-29(25(23)31)19-10-14-21(15-11-19)39(35,36)37;;;/h3-15,30H,1-2H3,(H,32,33,34)(H,35,36,37);;;/q;3*+1/p-3/b5-3+,6-4+,23-7+;;;. The van der Waals surface area contributed by atoms with Gasteiger partial charge in [0.1, 0.15) is 20.2 Å². The number of hydrazone groups is 1. The van der Waals surface area contributed by atoms with Crippen LogP contribution in [0.5, 0.6) is 5.88 Å². The topological polar surface area (TPSA) is 188 Å². The van der Waals surface area contributed by atoms with Gasteiger partial charge >= 0.3 is 154 Å². The summed E-state index contributed by atoms with van der Waals surface area (Å²) in [5.41, 5.74) is 2.00. The molecule has 3 aromatic rings. The van der Waals surface area contributed by atoms with Gasteiger partial charge in [-0.2, -0.15) is 15.2 Å². The SMILES string of the molecule is CC1=NN(c2ccc(S(=O)(=O)[O-])cc2)C(=O)/C1=C/C=C/C=C/c1c(C)nn(-c2ccc(S(=O)(=O)[O-])cc2)c1[O-].[K+].[K+].[K+]. The van der Waals surface area contributed by atoms with E-state index in [9.17, 15) is 35.8 Å². The van der Waals surface area contributed by atoms with Gasteiger partial charge < -0.3 is 14.2 Å². The molecule has 0 radical (unpaired) electrons. The summed E-state index contributed by atoms with van der Waals surface area (Å²) in [5.74, 6) is -0.901. The quantitative estimate of drug-likeness (QED) is 0.101. The summed E-state index contributed by atoms with van der Waals surface area (Å²) >= 11 is 0. The predicted octanol–water partition coefficient (Wildman–Crippen LogP) is -7.01. The molecule has 2 heterocycles. The molecule has 0 N–H and O–H groups in total. The van der Waals surface area contributed by atoms with Crippen LogP contribution in [-0.2, 0) is 25.0 Å². The number of aryl methyl sites for hydroxylation is 1. The van der Waals surface area contributed by atoms with E-state index in [1.54, 1.807) is 32.1 Å². The Hall–Kier alpha value is 0.539. The fraction of sp³-hybridized carbons (Fsp3) is 0.0800. The Morgan fingerprint density at radius 1 is 0.762 bits per heavy atom. The van der Waals surface area contributed by atoms with Crippen LogP contribution in [0.4, 0.5) is 5.69 Å². The number of hydrogen-bond acceptors (Lipinski definition) is 10. The van der Waals surface area contributed by atoms with Crippen LogP contribution >= 0.6 is 0 Å². The fourth-order valence-corrected chi connectivity index (χ4v) is 4.58. The van der Waals surface area contributed by atoms with Crippen LogP contribution in [0.2, 0.25) is 0 Å². The summed E-state index contributed by atoms with van der Waals surface area (Å²) in [5, 5.41) is 22.2. The van der Waals surface area contributed by atoms with E-state index in [2.05, 4.69) is 10.2 Å². The van der Waals surface area contributed by atoms with Crippen molar-refractivity contribution in [2.24, 2.45) is 5.10 Å². The van der Waals surface area contributed by atoms with Gasteiger partial charge in [0.05, 0.1) is 38.1 Å². The van der Waals surface area contributed by atoms with E-state index < -0.39 is 41.8 Å². The van der Waals surface area contributed by atoms with Crippen LogP contribution in [0.25, 0.3) is 11.8 Å². The van der Waals surface area contributed by atoms with Crippen molar-refractivity contribution < 1.29 is 190 Å². The van der Waals surface area contributed by atoms with Crippen molar-refractivity contribution in [1.29, 1.82) is 0 Å². The van der Waals surface area contributed by atoms with E-state index in [4.69, 9.17) is 0 Å². The molecule has 0 atom stereocenters. The van der Waals surface area contributed by atoms with Crippen LogP contribution < -0.4 is 164 Å². The van der Waals surface area contributed by atoms with Crippen LogP contribution in [0.1, 0.15) is 18.2 Å². The zero-order valence-electron chi connectivity index (χ0n) is 23.4. The monoisotopic (exact) mass is 684 g/mol. The molecule has 1 amide bonds. The molecule has 42 heavy (non-hydrogen) atoms. The largest absolute Gasteiger partial charge is 1.00 e. The summed E-state index contributed by atoms with van der Waals surface area (Å²) in [4.78, 5) is 12.0. The molecule has 0 unspecified atom stereocenters. The summed E-state index contributed by atoms with van der Waals surface area (Å²) in [7, 11) is -9.22. The van der Waals surface area contributed by atoms with Gasteiger partial charge in [-0.3, -0.25) is 4.79 Å². The van der Waals surface area contributed by atoms with Crippen molar-refractivity contribution in [3.05, 3.63) is 89.7 Å². The zero-order valence-corrected chi connectivity index (χ0v) is 34.4. The van der Waals surface area contributed by atoms with Crippen LogP contribution in [-0.4, -0.2) is 47.3 Å². The minimum atomic E-state index is -4.61. The molecule has 1 aliphatic heterocycles. The third-order valence-corrected chi connectivity index (χ3v) is 7.31. The second-order valence-electron chi connectivity index (χ2n) is 8.24. The van der Waals surface area contributed by atoms with Crippen molar-refractivity contribution in [3.8, 4) is 11.6 Å². The van der Waals surface area contributed by atoms with E-state index in [1.807, 2.05) is 0 Å². The second kappa shape index (κ2) is 16.9. The molecule has 1 aliphatic rings. The first-order valence-corrected chi connectivity index (χ1v) is 13.9. The van der Waals surface area contributed by atoms with Crippen LogP contribution in [0.15, 0.2) is 93.3 Å². The van der Waals surface area contributed by atoms with Crippen molar-refractivity contribution in [2.45, 2.75) is 23.6 Å². The molecule has 0 bridgehead atoms. The minimum Gasteiger partial charge on any atom is -0.858 e. The fourth-order valence-electron chi connectivity index (χ4n) is 3.65. The molecule has 0 saturated carbocycles. The number of aromatic nitrogens is 2. The summed E-state index contributed by atoms with van der Waals surface area (Å²) < 4.78 is 67.7. The minimum absolute atomic E-state index is 0. The van der Waals surface area contributed by atoms with E-state index in [0.717, 1.165) is 34.0 Å². The van der Waals surface area contributed by atoms with E-state index >= 15 is 0 Å². The number of nitrogens with zero attached hydrogens (tertiary/aromatic N) is 4. The number of carbonyl (C=O) groups is 1. The number of anilines is 1. The molecule has 202 valence electrons. The van der Waals surface area contributed by atoms with Gasteiger partial charge in [-0.1, -0.05) is 24.3 Å². The first-order valence-electron chi connectivity index (χ1n) is 11.1. The number of carbonyl (C=O) groups excluding carboxylic acids is 1. The van der Waals surface area contributed by atoms with Gasteiger partial charge in [0.25, 0.3) is 5.91 Å². The molecule has 12 nitrogen and oxygen atoms in total. The molecule has 4 rings (SSSR count). The average Bonchev–Trinajstić information content (AvgIpc) is 3.32. The van der Waals surface area contributed by atoms with Gasteiger partial charge in [-0.25, -0.2) is 21.5 Å². The molecule has 1 aromatic heterocycles. The van der Waals surface area contributed by atoms with Gasteiger partial charge in [0.2, 0.25) is 0 Å². The van der Waals surface area contributed by atoms with E-state index in [0.29, 0.717) is 22.8 Å². The van der Waals surface area contributed by atoms with Crippen molar-refractivity contribution in [2.75, 3.05) is 5.01 Å². The number of benzene rings is 2. The number of allylic oxidation sites excluding steroid dienone is 4. The molecule has 0 aliphatic carbocycles. The maximum atomic E-state index is 12.8. The maximum absolute atomic E-state index is 12.8. The molecular weight excluding hydrogens is 666 g/mol. The third-order valence-electron chi connectivity index (χ3n) is 5.61. The van der Waals surface area contributed by atoms with Crippen molar-refractivity contribution in [1.82, 2.24) is 9.78 Å². The summed E-state index contributed by atoms with van der Waals surface area (Å²) in [6.45, 7) is 3.26. The normalized spacial score (nSPS) is 14.6. The van der Waals surface area contributed by atoms with E-state index in [-0.39, 0.29) is 165 Å². The molecular formula is C25H19K3N4O8S2. The third kappa shape index (κ3) is 9.77. The Morgan fingerprint density at radius 3 is 1.76 bits per heavy atom. The van der Waals surface area contributed by atoms with Gasteiger partial charge in [-0.15, -0.1) is 0 Å². The Morgan fingerprint density at radius 2 is 1.26 bits per heavy atom. The smallest absolute Gasteiger partial charge is 0.858 e. The van der Waals surface area contributed by atoms with Gasteiger partial charge in [0.15, 0.2) is 0 Å². The Bertz CT molecular complexity index is 1800. The predicted molar refractivity (Wildman–Crippen MR) is 137 cm³/mol. The Kier molecular flexibility index (Phi) is 16.3. The maximum Gasteiger partial charge on any atom is 1.00 e. The van der Waals surface area contributed by atoms with E-state index in [1.165, 1.54) is 36.4 Å². The van der Waals surface area contributed by atoms with Gasteiger partial charge in [0, 0.05) is 5.56 Å². The van der Waals surface area contributed by atoms with Crippen LogP contribution in [0.3, 0.4) is 0 Å². The number of rotatable bonds is 7. The second-order valence-corrected chi connectivity index (χ2v) is 11.0. The summed E-state index contributed by atoms with van der Waals surface area (Å²) in [6.07, 6.45) is 7.80.